The topological polar surface area (TPSA) is 12.2 Å². The lowest BCUT2D eigenvalue weighted by Crippen LogP contribution is -2.37. The first-order chi connectivity index (χ1) is 7.31. The molecular weight excluding hydrogens is 246 g/mol. The van der Waals surface area contributed by atoms with E-state index in [0.29, 0.717) is 0 Å². The number of rotatable bonds is 2. The van der Waals surface area contributed by atoms with E-state index in [-0.39, 0.29) is 0 Å². The molecule has 0 aliphatic carbocycles. The zero-order valence-corrected chi connectivity index (χ0v) is 11.4. The summed E-state index contributed by atoms with van der Waals surface area (Å²) in [6.45, 7) is 5.98. The first-order valence-corrected chi connectivity index (χ1v) is 7.36. The Labute approximate surface area is 104 Å². The van der Waals surface area contributed by atoms with Crippen LogP contribution in [-0.4, -0.2) is 26.3 Å². The molecule has 0 unspecified atom stereocenters. The Hall–Kier alpha value is 0.160. The van der Waals surface area contributed by atoms with Crippen molar-refractivity contribution in [2.75, 3.05) is 26.3 Å². The van der Waals surface area contributed by atoms with Crippen LogP contribution < -0.4 is 8.56 Å². The fourth-order valence-electron chi connectivity index (χ4n) is 1.57. The molecule has 0 spiro atoms. The maximum Gasteiger partial charge on any atom is 0.315 e. The molecule has 1 fully saturated rings. The lowest BCUT2D eigenvalue weighted by molar-refractivity contribution is 0.0976. The number of hydrogen-bond acceptors (Lipinski definition) is 4. The molecule has 15 heavy (non-hydrogen) atoms. The number of morpholine rings is 1. The van der Waals surface area contributed by atoms with E-state index in [1.54, 1.807) is 0 Å². The summed E-state index contributed by atoms with van der Waals surface area (Å²) in [6.07, 6.45) is 2.35. The minimum absolute atomic E-state index is 0.857. The third-order valence-electron chi connectivity index (χ3n) is 2.38. The Morgan fingerprint density at radius 3 is 2.73 bits per heavy atom. The summed E-state index contributed by atoms with van der Waals surface area (Å²) >= 11 is 8.26. The van der Waals surface area contributed by atoms with Crippen LogP contribution in [0.2, 0.25) is 0 Å². The van der Waals surface area contributed by atoms with Gasteiger partial charge in [0.2, 0.25) is 0 Å². The van der Waals surface area contributed by atoms with Gasteiger partial charge in [-0.15, -0.1) is 12.6 Å². The van der Waals surface area contributed by atoms with Crippen LogP contribution in [0, 0.1) is 0 Å². The van der Waals surface area contributed by atoms with Crippen LogP contribution in [-0.2, 0) is 11.2 Å². The Morgan fingerprint density at radius 2 is 2.07 bits per heavy atom. The van der Waals surface area contributed by atoms with Gasteiger partial charge in [-0.2, -0.15) is 0 Å². The molecule has 0 aromatic carbocycles. The molecule has 2 nitrogen and oxygen atoms in total. The molecule has 1 aliphatic heterocycles. The van der Waals surface area contributed by atoms with Crippen LogP contribution in [0.15, 0.2) is 4.21 Å². The fraction of sp³-hybridized carbons (Fsp3) is 0.700. The highest BCUT2D eigenvalue weighted by molar-refractivity contribution is 7.83. The lowest BCUT2D eigenvalue weighted by atomic mass is 10.3. The molecular formula is C10H16NOS3+. The number of hydrogen-bond donors (Lipinski definition) is 1. The van der Waals surface area contributed by atoms with Crippen molar-refractivity contribution >= 4 is 35.3 Å². The number of thiol groups is 1. The summed E-state index contributed by atoms with van der Waals surface area (Å²) in [6, 6.07) is 0. The van der Waals surface area contributed by atoms with Crippen molar-refractivity contribution in [2.24, 2.45) is 0 Å². The zero-order chi connectivity index (χ0) is 10.7. The summed E-state index contributed by atoms with van der Waals surface area (Å²) in [5.41, 5.74) is 0. The predicted molar refractivity (Wildman–Crippen MR) is 69.3 cm³/mol. The van der Waals surface area contributed by atoms with Crippen LogP contribution in [0.5, 0.6) is 0 Å². The van der Waals surface area contributed by atoms with Gasteiger partial charge in [0.15, 0.2) is 13.1 Å². The number of nitrogens with zero attached hydrogens (tertiary/aromatic N) is 1. The molecule has 2 heterocycles. The monoisotopic (exact) mass is 262 g/mol. The second kappa shape index (κ2) is 5.48. The SMILES string of the molecule is CCCc1sc(=[N+]2CCOCC2)sc1S. The summed E-state index contributed by atoms with van der Waals surface area (Å²) in [7, 11) is 0. The molecule has 0 N–H and O–H groups in total. The molecule has 0 radical (unpaired) electrons. The van der Waals surface area contributed by atoms with E-state index in [2.05, 4.69) is 24.1 Å². The summed E-state index contributed by atoms with van der Waals surface area (Å²) in [5, 5.41) is 0. The summed E-state index contributed by atoms with van der Waals surface area (Å²) < 4.78 is 10.4. The van der Waals surface area contributed by atoms with E-state index >= 15 is 0 Å². The van der Waals surface area contributed by atoms with Gasteiger partial charge in [0.1, 0.15) is 13.2 Å². The molecule has 1 aromatic rings. The van der Waals surface area contributed by atoms with Crippen molar-refractivity contribution in [1.82, 2.24) is 4.58 Å². The van der Waals surface area contributed by atoms with E-state index in [1.165, 1.54) is 19.5 Å². The van der Waals surface area contributed by atoms with E-state index in [4.69, 9.17) is 4.74 Å². The molecule has 5 heteroatoms. The van der Waals surface area contributed by atoms with Crippen LogP contribution in [0.25, 0.3) is 0 Å². The van der Waals surface area contributed by atoms with Crippen LogP contribution >= 0.6 is 35.3 Å². The minimum atomic E-state index is 0.857. The minimum Gasteiger partial charge on any atom is -0.368 e. The Kier molecular flexibility index (Phi) is 4.25. The largest absolute Gasteiger partial charge is 0.368 e. The van der Waals surface area contributed by atoms with Gasteiger partial charge in [0.25, 0.3) is 0 Å². The lowest BCUT2D eigenvalue weighted by Gasteiger charge is -2.08. The van der Waals surface area contributed by atoms with Crippen molar-refractivity contribution in [3.05, 3.63) is 8.86 Å². The van der Waals surface area contributed by atoms with Crippen molar-refractivity contribution in [3.8, 4) is 0 Å². The van der Waals surface area contributed by atoms with Gasteiger partial charge in [0.05, 0.1) is 4.21 Å². The standard InChI is InChI=1S/C10H15NOS3/c1-2-3-8-9(13)15-10(14-8)11-4-6-12-7-5-11/h2-7H2,1H3/p+1. The summed E-state index contributed by atoms with van der Waals surface area (Å²) in [5.74, 6) is 0. The van der Waals surface area contributed by atoms with Gasteiger partial charge in [0, 0.05) is 4.88 Å². The van der Waals surface area contributed by atoms with Gasteiger partial charge < -0.3 is 4.74 Å². The van der Waals surface area contributed by atoms with Crippen molar-refractivity contribution in [3.63, 3.8) is 0 Å². The van der Waals surface area contributed by atoms with E-state index in [0.717, 1.165) is 32.7 Å². The second-order valence-corrected chi connectivity index (χ2v) is 6.64. The average molecular weight is 262 g/mol. The zero-order valence-electron chi connectivity index (χ0n) is 8.86. The quantitative estimate of drug-likeness (QED) is 0.634. The van der Waals surface area contributed by atoms with Crippen LogP contribution in [0.1, 0.15) is 18.2 Å². The maximum absolute atomic E-state index is 5.35. The van der Waals surface area contributed by atoms with Gasteiger partial charge in [-0.25, -0.2) is 4.58 Å². The molecule has 0 atom stereocenters. The molecule has 2 rings (SSSR count). The van der Waals surface area contributed by atoms with Gasteiger partial charge in [-0.1, -0.05) is 36.0 Å². The van der Waals surface area contributed by atoms with Crippen LogP contribution in [0.3, 0.4) is 0 Å². The second-order valence-electron chi connectivity index (χ2n) is 3.55. The van der Waals surface area contributed by atoms with E-state index in [1.807, 2.05) is 22.7 Å². The van der Waals surface area contributed by atoms with E-state index < -0.39 is 0 Å². The third-order valence-corrected chi connectivity index (χ3v) is 5.66. The highest BCUT2D eigenvalue weighted by Gasteiger charge is 2.15. The molecule has 0 bridgehead atoms. The van der Waals surface area contributed by atoms with Crippen molar-refractivity contribution in [1.29, 1.82) is 0 Å². The predicted octanol–water partition coefficient (Wildman–Crippen LogP) is 1.85. The smallest absolute Gasteiger partial charge is 0.315 e. The van der Waals surface area contributed by atoms with Gasteiger partial charge in [-0.3, -0.25) is 0 Å². The molecule has 1 aliphatic rings. The first-order valence-electron chi connectivity index (χ1n) is 5.28. The molecule has 0 saturated carbocycles. The Balaban J connectivity index is 2.31. The van der Waals surface area contributed by atoms with Gasteiger partial charge >= 0.3 is 3.98 Å². The molecule has 84 valence electrons. The average Bonchev–Trinajstić information content (AvgIpc) is 2.63. The number of ether oxygens (including phenoxy) is 1. The van der Waals surface area contributed by atoms with Crippen molar-refractivity contribution in [2.45, 2.75) is 24.0 Å². The van der Waals surface area contributed by atoms with Gasteiger partial charge in [-0.05, 0) is 6.42 Å². The third kappa shape index (κ3) is 2.84. The van der Waals surface area contributed by atoms with E-state index in [9.17, 15) is 0 Å². The highest BCUT2D eigenvalue weighted by Crippen LogP contribution is 2.22. The molecule has 0 amide bonds. The normalized spacial score (nSPS) is 17.1. The Morgan fingerprint density at radius 1 is 1.33 bits per heavy atom. The maximum atomic E-state index is 5.35. The first kappa shape index (κ1) is 11.6. The number of aryl methyl sites for hydroxylation is 1. The summed E-state index contributed by atoms with van der Waals surface area (Å²) in [4.78, 5) is 1.44. The highest BCUT2D eigenvalue weighted by atomic mass is 32.2. The molecule has 1 saturated heterocycles. The molecule has 1 aromatic heterocycles. The van der Waals surface area contributed by atoms with Crippen molar-refractivity contribution < 1.29 is 4.74 Å². The Bertz CT molecular complexity index is 386. The van der Waals surface area contributed by atoms with Crippen LogP contribution in [0.4, 0.5) is 0 Å². The fourth-order valence-corrected chi connectivity index (χ4v) is 4.84.